The summed E-state index contributed by atoms with van der Waals surface area (Å²) in [5.74, 6) is 1.34. The van der Waals surface area contributed by atoms with Crippen LogP contribution in [0.1, 0.15) is 31.0 Å². The maximum atomic E-state index is 6.11. The fraction of sp³-hybridized carbons (Fsp3) is 0.333. The number of nitrogens with one attached hydrogen (secondary N) is 1. The van der Waals surface area contributed by atoms with Gasteiger partial charge in [-0.2, -0.15) is 0 Å². The second kappa shape index (κ2) is 7.14. The van der Waals surface area contributed by atoms with E-state index in [0.29, 0.717) is 5.92 Å². The highest BCUT2D eigenvalue weighted by molar-refractivity contribution is 5.48. The molecule has 1 atom stereocenters. The van der Waals surface area contributed by atoms with Crippen LogP contribution in [0.25, 0.3) is 0 Å². The van der Waals surface area contributed by atoms with Crippen LogP contribution in [-0.2, 0) is 6.54 Å². The molecule has 3 N–H and O–H groups in total. The zero-order chi connectivity index (χ0) is 15.2. The van der Waals surface area contributed by atoms with Gasteiger partial charge in [0, 0.05) is 18.3 Å². The van der Waals surface area contributed by atoms with E-state index in [0.717, 1.165) is 23.5 Å². The van der Waals surface area contributed by atoms with Crippen molar-refractivity contribution in [2.75, 3.05) is 12.8 Å². The second-order valence-corrected chi connectivity index (χ2v) is 5.58. The van der Waals surface area contributed by atoms with Gasteiger partial charge in [-0.3, -0.25) is 0 Å². The summed E-state index contributed by atoms with van der Waals surface area (Å²) >= 11 is 0. The van der Waals surface area contributed by atoms with E-state index in [9.17, 15) is 0 Å². The molecule has 0 aliphatic rings. The average Bonchev–Trinajstić information content (AvgIpc) is 2.49. The molecule has 112 valence electrons. The molecule has 0 bridgehead atoms. The molecular weight excluding hydrogens is 260 g/mol. The molecular formula is C18H24N2O. The molecule has 0 aliphatic heterocycles. The van der Waals surface area contributed by atoms with E-state index in [2.05, 4.69) is 37.4 Å². The maximum Gasteiger partial charge on any atom is 0.119 e. The molecule has 0 radical (unpaired) electrons. The van der Waals surface area contributed by atoms with E-state index < -0.39 is 0 Å². The molecule has 21 heavy (non-hydrogen) atoms. The lowest BCUT2D eigenvalue weighted by molar-refractivity contribution is 0.405. The molecule has 0 fully saturated rings. The predicted molar refractivity (Wildman–Crippen MR) is 88.3 cm³/mol. The summed E-state index contributed by atoms with van der Waals surface area (Å²) in [6.07, 6.45) is 0. The molecule has 3 nitrogen and oxygen atoms in total. The van der Waals surface area contributed by atoms with E-state index in [1.807, 2.05) is 30.3 Å². The zero-order valence-corrected chi connectivity index (χ0v) is 13.0. The number of methoxy groups -OCH3 is 1. The van der Waals surface area contributed by atoms with Crippen LogP contribution in [0.3, 0.4) is 0 Å². The SMILES string of the molecule is COc1cccc(CNC(c2ccccc2N)C(C)C)c1. The van der Waals surface area contributed by atoms with Gasteiger partial charge >= 0.3 is 0 Å². The zero-order valence-electron chi connectivity index (χ0n) is 13.0. The number of benzene rings is 2. The Morgan fingerprint density at radius 3 is 2.52 bits per heavy atom. The van der Waals surface area contributed by atoms with E-state index >= 15 is 0 Å². The fourth-order valence-electron chi connectivity index (χ4n) is 2.51. The van der Waals surface area contributed by atoms with Crippen molar-refractivity contribution in [2.24, 2.45) is 5.92 Å². The van der Waals surface area contributed by atoms with E-state index in [1.54, 1.807) is 7.11 Å². The van der Waals surface area contributed by atoms with Crippen LogP contribution >= 0.6 is 0 Å². The Morgan fingerprint density at radius 2 is 1.86 bits per heavy atom. The van der Waals surface area contributed by atoms with Crippen molar-refractivity contribution < 1.29 is 4.74 Å². The van der Waals surface area contributed by atoms with Gasteiger partial charge in [-0.05, 0) is 35.2 Å². The molecule has 2 aromatic rings. The highest BCUT2D eigenvalue weighted by Crippen LogP contribution is 2.27. The highest BCUT2D eigenvalue weighted by atomic mass is 16.5. The van der Waals surface area contributed by atoms with Gasteiger partial charge in [0.15, 0.2) is 0 Å². The summed E-state index contributed by atoms with van der Waals surface area (Å²) in [6, 6.07) is 16.4. The summed E-state index contributed by atoms with van der Waals surface area (Å²) in [5, 5.41) is 3.61. The van der Waals surface area contributed by atoms with Gasteiger partial charge in [-0.15, -0.1) is 0 Å². The minimum atomic E-state index is 0.234. The minimum Gasteiger partial charge on any atom is -0.497 e. The van der Waals surface area contributed by atoms with Gasteiger partial charge in [0.25, 0.3) is 0 Å². The van der Waals surface area contributed by atoms with Crippen LogP contribution in [-0.4, -0.2) is 7.11 Å². The molecule has 0 amide bonds. The standard InChI is InChI=1S/C18H24N2O/c1-13(2)18(16-9-4-5-10-17(16)19)20-12-14-7-6-8-15(11-14)21-3/h4-11,13,18,20H,12,19H2,1-3H3. The number of ether oxygens (including phenoxy) is 1. The van der Waals surface area contributed by atoms with E-state index in [1.165, 1.54) is 5.56 Å². The Hall–Kier alpha value is -2.00. The van der Waals surface area contributed by atoms with Gasteiger partial charge in [-0.1, -0.05) is 44.2 Å². The second-order valence-electron chi connectivity index (χ2n) is 5.58. The van der Waals surface area contributed by atoms with Crippen molar-refractivity contribution in [3.05, 3.63) is 59.7 Å². The first-order valence-corrected chi connectivity index (χ1v) is 7.32. The Kier molecular flexibility index (Phi) is 5.23. The Balaban J connectivity index is 2.12. The maximum absolute atomic E-state index is 6.11. The van der Waals surface area contributed by atoms with Crippen molar-refractivity contribution >= 4 is 5.69 Å². The number of hydrogen-bond donors (Lipinski definition) is 2. The molecule has 1 unspecified atom stereocenters. The molecule has 0 saturated carbocycles. The third kappa shape index (κ3) is 3.99. The summed E-state index contributed by atoms with van der Waals surface area (Å²) in [7, 11) is 1.69. The van der Waals surface area contributed by atoms with E-state index in [4.69, 9.17) is 10.5 Å². The Bertz CT molecular complexity index is 581. The minimum absolute atomic E-state index is 0.234. The molecule has 0 aromatic heterocycles. The average molecular weight is 284 g/mol. The number of anilines is 1. The van der Waals surface area contributed by atoms with Crippen LogP contribution < -0.4 is 15.8 Å². The summed E-state index contributed by atoms with van der Waals surface area (Å²) < 4.78 is 5.27. The normalized spacial score (nSPS) is 12.4. The highest BCUT2D eigenvalue weighted by Gasteiger charge is 2.17. The molecule has 2 rings (SSSR count). The number of rotatable bonds is 6. The lowest BCUT2D eigenvalue weighted by Gasteiger charge is -2.24. The van der Waals surface area contributed by atoms with Crippen LogP contribution in [0, 0.1) is 5.92 Å². The third-order valence-corrected chi connectivity index (χ3v) is 3.66. The van der Waals surface area contributed by atoms with Gasteiger partial charge in [0.2, 0.25) is 0 Å². The number of para-hydroxylation sites is 1. The van der Waals surface area contributed by atoms with Crippen LogP contribution in [0.4, 0.5) is 5.69 Å². The largest absolute Gasteiger partial charge is 0.497 e. The summed E-state index contributed by atoms with van der Waals surface area (Å²) in [4.78, 5) is 0. The number of hydrogen-bond acceptors (Lipinski definition) is 3. The van der Waals surface area contributed by atoms with Crippen molar-refractivity contribution in [3.63, 3.8) is 0 Å². The van der Waals surface area contributed by atoms with E-state index in [-0.39, 0.29) is 6.04 Å². The summed E-state index contributed by atoms with van der Waals surface area (Å²) in [6.45, 7) is 5.19. The Labute approximate surface area is 127 Å². The topological polar surface area (TPSA) is 47.3 Å². The first kappa shape index (κ1) is 15.4. The van der Waals surface area contributed by atoms with Crippen molar-refractivity contribution in [3.8, 4) is 5.75 Å². The Morgan fingerprint density at radius 1 is 1.10 bits per heavy atom. The number of nitrogens with two attached hydrogens (primary N) is 1. The predicted octanol–water partition coefficient (Wildman–Crippen LogP) is 3.76. The van der Waals surface area contributed by atoms with Gasteiger partial charge in [0.05, 0.1) is 7.11 Å². The van der Waals surface area contributed by atoms with Crippen LogP contribution in [0.5, 0.6) is 5.75 Å². The summed E-state index contributed by atoms with van der Waals surface area (Å²) in [5.41, 5.74) is 9.32. The lowest BCUT2D eigenvalue weighted by Crippen LogP contribution is -2.26. The monoisotopic (exact) mass is 284 g/mol. The smallest absolute Gasteiger partial charge is 0.119 e. The van der Waals surface area contributed by atoms with Gasteiger partial charge in [0.1, 0.15) is 5.75 Å². The molecule has 0 heterocycles. The van der Waals surface area contributed by atoms with Gasteiger partial charge < -0.3 is 15.8 Å². The van der Waals surface area contributed by atoms with Crippen LogP contribution in [0.2, 0.25) is 0 Å². The van der Waals surface area contributed by atoms with Crippen LogP contribution in [0.15, 0.2) is 48.5 Å². The van der Waals surface area contributed by atoms with Crippen molar-refractivity contribution in [1.29, 1.82) is 0 Å². The quantitative estimate of drug-likeness (QED) is 0.794. The first-order chi connectivity index (χ1) is 10.1. The molecule has 0 aliphatic carbocycles. The van der Waals surface area contributed by atoms with Crippen molar-refractivity contribution in [2.45, 2.75) is 26.4 Å². The molecule has 2 aromatic carbocycles. The van der Waals surface area contributed by atoms with Gasteiger partial charge in [-0.25, -0.2) is 0 Å². The third-order valence-electron chi connectivity index (χ3n) is 3.66. The lowest BCUT2D eigenvalue weighted by atomic mass is 9.94. The fourth-order valence-corrected chi connectivity index (χ4v) is 2.51. The number of nitrogen functional groups attached to an aromatic ring is 1. The molecule has 3 heteroatoms. The first-order valence-electron chi connectivity index (χ1n) is 7.32. The molecule has 0 spiro atoms. The van der Waals surface area contributed by atoms with Crippen molar-refractivity contribution in [1.82, 2.24) is 5.32 Å². The molecule has 0 saturated heterocycles.